The van der Waals surface area contributed by atoms with E-state index in [4.69, 9.17) is 0 Å². The topological polar surface area (TPSA) is 0 Å². The van der Waals surface area contributed by atoms with Crippen molar-refractivity contribution < 1.29 is 0 Å². The SMILES string of the molecule is CCCCCC(C)[CH]C(C)CC. The Labute approximate surface area is 78.8 Å². The molecule has 1 radical (unpaired) electrons. The van der Waals surface area contributed by atoms with Gasteiger partial charge in [-0.05, 0) is 18.3 Å². The van der Waals surface area contributed by atoms with Crippen molar-refractivity contribution in [3.05, 3.63) is 6.42 Å². The third-order valence-corrected chi connectivity index (χ3v) is 2.56. The molecule has 0 saturated carbocycles. The second-order valence-electron chi connectivity index (χ2n) is 4.05. The van der Waals surface area contributed by atoms with Crippen LogP contribution in [0.1, 0.15) is 59.8 Å². The van der Waals surface area contributed by atoms with Crippen LogP contribution in [0.5, 0.6) is 0 Å². The van der Waals surface area contributed by atoms with Crippen LogP contribution in [0.3, 0.4) is 0 Å². The highest BCUT2D eigenvalue weighted by Crippen LogP contribution is 2.18. The van der Waals surface area contributed by atoms with Crippen LogP contribution in [0.2, 0.25) is 0 Å². The maximum atomic E-state index is 2.51. The van der Waals surface area contributed by atoms with Crippen LogP contribution >= 0.6 is 0 Å². The molecule has 0 amide bonds. The molecule has 0 heterocycles. The van der Waals surface area contributed by atoms with Gasteiger partial charge >= 0.3 is 0 Å². The summed E-state index contributed by atoms with van der Waals surface area (Å²) in [4.78, 5) is 0. The van der Waals surface area contributed by atoms with Gasteiger partial charge in [0.2, 0.25) is 0 Å². The molecule has 2 unspecified atom stereocenters. The smallest absolute Gasteiger partial charge is 0.0329 e. The molecule has 0 heteroatoms. The summed E-state index contributed by atoms with van der Waals surface area (Å²) < 4.78 is 0. The molecule has 0 aromatic heterocycles. The normalized spacial score (nSPS) is 16.0. The van der Waals surface area contributed by atoms with Crippen LogP contribution < -0.4 is 0 Å². The van der Waals surface area contributed by atoms with Gasteiger partial charge in [0.05, 0.1) is 0 Å². The quantitative estimate of drug-likeness (QED) is 0.494. The van der Waals surface area contributed by atoms with E-state index in [9.17, 15) is 0 Å². The Hall–Kier alpha value is 0. The minimum absolute atomic E-state index is 0.807. The largest absolute Gasteiger partial charge is 0.0654 e. The number of rotatable bonds is 7. The summed E-state index contributed by atoms with van der Waals surface area (Å²) in [5.41, 5.74) is 0. The Morgan fingerprint density at radius 3 is 2.17 bits per heavy atom. The first kappa shape index (κ1) is 12.0. The van der Waals surface area contributed by atoms with Gasteiger partial charge in [-0.3, -0.25) is 0 Å². The minimum atomic E-state index is 0.807. The molecule has 0 aliphatic carbocycles. The van der Waals surface area contributed by atoms with Crippen LogP contribution in [0.4, 0.5) is 0 Å². The molecule has 0 aromatic carbocycles. The zero-order valence-electron chi connectivity index (χ0n) is 9.27. The van der Waals surface area contributed by atoms with E-state index in [2.05, 4.69) is 34.1 Å². The van der Waals surface area contributed by atoms with Crippen molar-refractivity contribution in [1.29, 1.82) is 0 Å². The lowest BCUT2D eigenvalue weighted by atomic mass is 9.91. The van der Waals surface area contributed by atoms with E-state index < -0.39 is 0 Å². The fourth-order valence-corrected chi connectivity index (χ4v) is 1.51. The van der Waals surface area contributed by atoms with Gasteiger partial charge in [0.1, 0.15) is 0 Å². The lowest BCUT2D eigenvalue weighted by Gasteiger charge is -2.14. The third kappa shape index (κ3) is 6.69. The maximum absolute atomic E-state index is 2.51. The molecule has 0 nitrogen and oxygen atoms in total. The lowest BCUT2D eigenvalue weighted by molar-refractivity contribution is 0.481. The monoisotopic (exact) mass is 169 g/mol. The number of hydrogen-bond acceptors (Lipinski definition) is 0. The van der Waals surface area contributed by atoms with Crippen molar-refractivity contribution in [1.82, 2.24) is 0 Å². The molecule has 73 valence electrons. The molecular weight excluding hydrogens is 144 g/mol. The Morgan fingerprint density at radius 2 is 1.67 bits per heavy atom. The van der Waals surface area contributed by atoms with Crippen molar-refractivity contribution >= 4 is 0 Å². The summed E-state index contributed by atoms with van der Waals surface area (Å²) in [5, 5.41) is 0. The summed E-state index contributed by atoms with van der Waals surface area (Å²) in [5.74, 6) is 1.63. The van der Waals surface area contributed by atoms with Gasteiger partial charge in [-0.2, -0.15) is 0 Å². The predicted molar refractivity (Wildman–Crippen MR) is 57.1 cm³/mol. The summed E-state index contributed by atoms with van der Waals surface area (Å²) in [6, 6.07) is 0. The molecule has 0 rings (SSSR count). The lowest BCUT2D eigenvalue weighted by Crippen LogP contribution is -2.03. The van der Waals surface area contributed by atoms with E-state index >= 15 is 0 Å². The van der Waals surface area contributed by atoms with Gasteiger partial charge in [-0.1, -0.05) is 59.8 Å². The van der Waals surface area contributed by atoms with E-state index in [1.807, 2.05) is 0 Å². The van der Waals surface area contributed by atoms with Gasteiger partial charge in [0.25, 0.3) is 0 Å². The Balaban J connectivity index is 3.26. The van der Waals surface area contributed by atoms with Crippen molar-refractivity contribution in [3.8, 4) is 0 Å². The Bertz CT molecular complexity index is 86.0. The predicted octanol–water partition coefficient (Wildman–Crippen LogP) is 4.45. The van der Waals surface area contributed by atoms with Crippen LogP contribution in [-0.2, 0) is 0 Å². The second-order valence-corrected chi connectivity index (χ2v) is 4.05. The average molecular weight is 169 g/mol. The highest BCUT2D eigenvalue weighted by Gasteiger charge is 2.06. The molecule has 0 saturated heterocycles. The van der Waals surface area contributed by atoms with Crippen LogP contribution in [0, 0.1) is 18.3 Å². The van der Waals surface area contributed by atoms with Gasteiger partial charge in [-0.15, -0.1) is 0 Å². The van der Waals surface area contributed by atoms with Gasteiger partial charge in [0, 0.05) is 0 Å². The van der Waals surface area contributed by atoms with E-state index in [0.717, 1.165) is 11.8 Å². The molecular formula is C12H25. The van der Waals surface area contributed by atoms with E-state index in [-0.39, 0.29) is 0 Å². The highest BCUT2D eigenvalue weighted by molar-refractivity contribution is 4.77. The van der Waals surface area contributed by atoms with Crippen molar-refractivity contribution in [2.75, 3.05) is 0 Å². The van der Waals surface area contributed by atoms with Crippen LogP contribution in [-0.4, -0.2) is 0 Å². The van der Waals surface area contributed by atoms with Gasteiger partial charge < -0.3 is 0 Å². The molecule has 2 atom stereocenters. The fraction of sp³-hybridized carbons (Fsp3) is 0.917. The first-order valence-electron chi connectivity index (χ1n) is 5.55. The highest BCUT2D eigenvalue weighted by atomic mass is 14.1. The molecule has 12 heavy (non-hydrogen) atoms. The van der Waals surface area contributed by atoms with E-state index in [1.54, 1.807) is 0 Å². The summed E-state index contributed by atoms with van der Waals surface area (Å²) in [6.07, 6.45) is 9.34. The number of hydrogen-bond donors (Lipinski definition) is 0. The van der Waals surface area contributed by atoms with E-state index in [1.165, 1.54) is 32.1 Å². The Morgan fingerprint density at radius 1 is 1.00 bits per heavy atom. The fourth-order valence-electron chi connectivity index (χ4n) is 1.51. The zero-order chi connectivity index (χ0) is 9.40. The summed E-state index contributed by atoms with van der Waals surface area (Å²) in [7, 11) is 0. The minimum Gasteiger partial charge on any atom is -0.0654 e. The maximum Gasteiger partial charge on any atom is -0.0329 e. The van der Waals surface area contributed by atoms with Crippen molar-refractivity contribution in [3.63, 3.8) is 0 Å². The van der Waals surface area contributed by atoms with Crippen LogP contribution in [0.15, 0.2) is 0 Å². The second kappa shape index (κ2) is 7.64. The molecule has 0 aliphatic heterocycles. The average Bonchev–Trinajstić information content (AvgIpc) is 2.05. The van der Waals surface area contributed by atoms with Gasteiger partial charge in [-0.25, -0.2) is 0 Å². The molecule has 0 spiro atoms. The molecule has 0 bridgehead atoms. The first-order valence-corrected chi connectivity index (χ1v) is 5.55. The first-order chi connectivity index (χ1) is 5.70. The summed E-state index contributed by atoms with van der Waals surface area (Å²) >= 11 is 0. The third-order valence-electron chi connectivity index (χ3n) is 2.56. The Kier molecular flexibility index (Phi) is 7.64. The molecule has 0 aromatic rings. The standard InChI is InChI=1S/C12H25/c1-5-7-8-9-12(4)10-11(3)6-2/h10-12H,5-9H2,1-4H3. The molecule has 0 N–H and O–H groups in total. The van der Waals surface area contributed by atoms with Crippen LogP contribution in [0.25, 0.3) is 0 Å². The zero-order valence-corrected chi connectivity index (χ0v) is 9.27. The van der Waals surface area contributed by atoms with Gasteiger partial charge in [0.15, 0.2) is 0 Å². The molecule has 0 fully saturated rings. The number of unbranched alkanes of at least 4 members (excludes halogenated alkanes) is 2. The van der Waals surface area contributed by atoms with Crippen molar-refractivity contribution in [2.24, 2.45) is 11.8 Å². The van der Waals surface area contributed by atoms with Crippen molar-refractivity contribution in [2.45, 2.75) is 59.8 Å². The van der Waals surface area contributed by atoms with E-state index in [0.29, 0.717) is 0 Å². The summed E-state index contributed by atoms with van der Waals surface area (Å²) in [6.45, 7) is 9.20. The molecule has 0 aliphatic rings.